The Kier molecular flexibility index (Phi) is 3.79. The lowest BCUT2D eigenvalue weighted by molar-refractivity contribution is 0.318. The van der Waals surface area contributed by atoms with Gasteiger partial charge in [0.1, 0.15) is 11.6 Å². The van der Waals surface area contributed by atoms with Crippen molar-refractivity contribution in [2.75, 3.05) is 0 Å². The summed E-state index contributed by atoms with van der Waals surface area (Å²) in [6.45, 7) is 2.04. The van der Waals surface area contributed by atoms with Crippen molar-refractivity contribution in [2.24, 2.45) is 10.9 Å². The lowest BCUT2D eigenvalue weighted by Gasteiger charge is -2.12. The van der Waals surface area contributed by atoms with Gasteiger partial charge in [-0.25, -0.2) is 9.37 Å². The predicted molar refractivity (Wildman–Crippen MR) is 70.0 cm³/mol. The van der Waals surface area contributed by atoms with Gasteiger partial charge in [0, 0.05) is 18.8 Å². The molecular formula is C13H15FN4O. The van der Waals surface area contributed by atoms with Gasteiger partial charge in [0.2, 0.25) is 0 Å². The molecule has 1 heterocycles. The first-order valence-electron chi connectivity index (χ1n) is 5.98. The maximum absolute atomic E-state index is 13.9. The molecule has 2 rings (SSSR count). The van der Waals surface area contributed by atoms with E-state index in [1.165, 1.54) is 6.07 Å². The third-order valence-corrected chi connectivity index (χ3v) is 2.81. The predicted octanol–water partition coefficient (Wildman–Crippen LogP) is 2.06. The minimum atomic E-state index is -0.538. The van der Waals surface area contributed by atoms with Gasteiger partial charge in [-0.15, -0.1) is 0 Å². The van der Waals surface area contributed by atoms with Gasteiger partial charge in [-0.3, -0.25) is 0 Å². The van der Waals surface area contributed by atoms with Crippen LogP contribution in [0.4, 0.5) is 4.39 Å². The molecule has 0 atom stereocenters. The van der Waals surface area contributed by atoms with E-state index in [0.29, 0.717) is 5.69 Å². The zero-order chi connectivity index (χ0) is 13.8. The average Bonchev–Trinajstić information content (AvgIpc) is 2.86. The first-order chi connectivity index (χ1) is 9.19. The second-order valence-electron chi connectivity index (χ2n) is 4.08. The van der Waals surface area contributed by atoms with Gasteiger partial charge in [0.25, 0.3) is 0 Å². The Morgan fingerprint density at radius 2 is 2.32 bits per heavy atom. The molecule has 2 aromatic rings. The molecule has 0 fully saturated rings. The van der Waals surface area contributed by atoms with Crippen LogP contribution >= 0.6 is 0 Å². The Balaban J connectivity index is 2.62. The Hall–Kier alpha value is -2.37. The summed E-state index contributed by atoms with van der Waals surface area (Å²) in [5.41, 5.74) is 6.13. The van der Waals surface area contributed by atoms with Crippen molar-refractivity contribution in [1.29, 1.82) is 0 Å². The first kappa shape index (κ1) is 13.1. The van der Waals surface area contributed by atoms with Gasteiger partial charge in [0.15, 0.2) is 5.84 Å². The fraction of sp³-hybridized carbons (Fsp3) is 0.231. The van der Waals surface area contributed by atoms with Crippen LogP contribution < -0.4 is 5.73 Å². The summed E-state index contributed by atoms with van der Waals surface area (Å²) < 4.78 is 15.6. The molecule has 0 bridgehead atoms. The number of hydrogen-bond donors (Lipinski definition) is 2. The molecule has 0 aliphatic carbocycles. The van der Waals surface area contributed by atoms with Gasteiger partial charge in [-0.1, -0.05) is 18.1 Å². The highest BCUT2D eigenvalue weighted by Gasteiger charge is 2.16. The Morgan fingerprint density at radius 3 is 3.00 bits per heavy atom. The smallest absolute Gasteiger partial charge is 0.175 e. The van der Waals surface area contributed by atoms with E-state index in [1.54, 1.807) is 29.1 Å². The highest BCUT2D eigenvalue weighted by molar-refractivity contribution is 6.00. The molecule has 0 saturated heterocycles. The second-order valence-corrected chi connectivity index (χ2v) is 4.08. The lowest BCUT2D eigenvalue weighted by Crippen LogP contribution is -2.19. The van der Waals surface area contributed by atoms with Crippen molar-refractivity contribution in [3.05, 3.63) is 47.8 Å². The Morgan fingerprint density at radius 1 is 1.53 bits per heavy atom. The summed E-state index contributed by atoms with van der Waals surface area (Å²) >= 11 is 0. The molecule has 0 radical (unpaired) electrons. The van der Waals surface area contributed by atoms with E-state index in [0.717, 1.165) is 18.7 Å². The fourth-order valence-electron chi connectivity index (χ4n) is 1.98. The quantitative estimate of drug-likeness (QED) is 0.383. The number of aryl methyl sites for hydroxylation is 1. The normalized spacial score (nSPS) is 11.8. The molecule has 1 aromatic carbocycles. The number of aromatic nitrogens is 2. The number of benzene rings is 1. The molecule has 0 aliphatic rings. The summed E-state index contributed by atoms with van der Waals surface area (Å²) in [4.78, 5) is 4.24. The van der Waals surface area contributed by atoms with E-state index in [9.17, 15) is 4.39 Å². The monoisotopic (exact) mass is 262 g/mol. The van der Waals surface area contributed by atoms with Gasteiger partial charge >= 0.3 is 0 Å². The molecule has 1 aromatic heterocycles. The number of hydrogen-bond acceptors (Lipinski definition) is 3. The topological polar surface area (TPSA) is 76.4 Å². The Bertz CT molecular complexity index is 606. The van der Waals surface area contributed by atoms with Crippen molar-refractivity contribution in [3.63, 3.8) is 0 Å². The molecule has 0 spiro atoms. The third-order valence-electron chi connectivity index (χ3n) is 2.81. The molecule has 0 saturated carbocycles. The van der Waals surface area contributed by atoms with Crippen LogP contribution in [-0.2, 0) is 6.42 Å². The van der Waals surface area contributed by atoms with Crippen molar-refractivity contribution in [3.8, 4) is 5.69 Å². The highest BCUT2D eigenvalue weighted by atomic mass is 19.1. The van der Waals surface area contributed by atoms with Crippen molar-refractivity contribution >= 4 is 5.84 Å². The van der Waals surface area contributed by atoms with Crippen LogP contribution in [0.25, 0.3) is 5.69 Å². The molecule has 19 heavy (non-hydrogen) atoms. The first-order valence-corrected chi connectivity index (χ1v) is 5.98. The van der Waals surface area contributed by atoms with Crippen LogP contribution in [0.5, 0.6) is 0 Å². The lowest BCUT2D eigenvalue weighted by atomic mass is 10.1. The van der Waals surface area contributed by atoms with E-state index in [4.69, 9.17) is 10.9 Å². The molecule has 6 heteroatoms. The summed E-state index contributed by atoms with van der Waals surface area (Å²) in [5.74, 6) is 0.00767. The van der Waals surface area contributed by atoms with Crippen LogP contribution in [0, 0.1) is 5.82 Å². The molecule has 3 N–H and O–H groups in total. The summed E-state index contributed by atoms with van der Waals surface area (Å²) in [7, 11) is 0. The van der Waals surface area contributed by atoms with Gasteiger partial charge < -0.3 is 15.5 Å². The molecule has 0 amide bonds. The number of nitrogens with zero attached hydrogens (tertiary/aromatic N) is 3. The van der Waals surface area contributed by atoms with Crippen LogP contribution in [0.15, 0.2) is 35.7 Å². The largest absolute Gasteiger partial charge is 0.409 e. The molecular weight excluding hydrogens is 247 g/mol. The minimum Gasteiger partial charge on any atom is -0.409 e. The van der Waals surface area contributed by atoms with E-state index in [2.05, 4.69) is 10.1 Å². The maximum atomic E-state index is 13.9. The van der Waals surface area contributed by atoms with Crippen LogP contribution in [0.1, 0.15) is 24.7 Å². The van der Waals surface area contributed by atoms with Crippen molar-refractivity contribution in [2.45, 2.75) is 19.8 Å². The number of nitrogens with two attached hydrogens (primary N) is 1. The van der Waals surface area contributed by atoms with Crippen LogP contribution in [0.2, 0.25) is 0 Å². The zero-order valence-electron chi connectivity index (χ0n) is 10.5. The number of halogens is 1. The van der Waals surface area contributed by atoms with Gasteiger partial charge in [-0.2, -0.15) is 0 Å². The van der Waals surface area contributed by atoms with Crippen molar-refractivity contribution < 1.29 is 9.60 Å². The summed E-state index contributed by atoms with van der Waals surface area (Å²) in [6.07, 6.45) is 5.06. The number of oxime groups is 1. The summed E-state index contributed by atoms with van der Waals surface area (Å²) in [6, 6.07) is 4.55. The van der Waals surface area contributed by atoms with Gasteiger partial charge in [0.05, 0.1) is 11.3 Å². The fourth-order valence-corrected chi connectivity index (χ4v) is 1.98. The SMILES string of the molecule is CCCc1nccn1-c1cccc(F)c1C(N)=NO. The van der Waals surface area contributed by atoms with E-state index >= 15 is 0 Å². The minimum absolute atomic E-state index is 0.0698. The molecule has 0 aliphatic heterocycles. The number of amidine groups is 1. The van der Waals surface area contributed by atoms with E-state index < -0.39 is 5.82 Å². The maximum Gasteiger partial charge on any atom is 0.175 e. The van der Waals surface area contributed by atoms with E-state index in [1.807, 2.05) is 6.92 Å². The van der Waals surface area contributed by atoms with Gasteiger partial charge in [-0.05, 0) is 18.6 Å². The van der Waals surface area contributed by atoms with Crippen LogP contribution in [0.3, 0.4) is 0 Å². The molecule has 0 unspecified atom stereocenters. The van der Waals surface area contributed by atoms with Crippen LogP contribution in [-0.4, -0.2) is 20.6 Å². The second kappa shape index (κ2) is 5.51. The van der Waals surface area contributed by atoms with Crippen molar-refractivity contribution in [1.82, 2.24) is 9.55 Å². The highest BCUT2D eigenvalue weighted by Crippen LogP contribution is 2.20. The third kappa shape index (κ3) is 2.42. The standard InChI is InChI=1S/C13H15FN4O/c1-2-4-11-16-7-8-18(11)10-6-3-5-9(14)12(10)13(15)17-19/h3,5-8,19H,2,4H2,1H3,(H2,15,17). The summed E-state index contributed by atoms with van der Waals surface area (Å²) in [5, 5.41) is 11.7. The average molecular weight is 262 g/mol. The molecule has 5 nitrogen and oxygen atoms in total. The van der Waals surface area contributed by atoms with E-state index in [-0.39, 0.29) is 11.4 Å². The number of rotatable bonds is 4. The Labute approximate surface area is 110 Å². The molecule has 100 valence electrons. The number of imidazole rings is 1. The zero-order valence-corrected chi connectivity index (χ0v) is 10.5.